The van der Waals surface area contributed by atoms with Gasteiger partial charge in [-0.25, -0.2) is 14.0 Å². The van der Waals surface area contributed by atoms with Crippen molar-refractivity contribution in [1.82, 2.24) is 15.5 Å². The van der Waals surface area contributed by atoms with Crippen molar-refractivity contribution in [3.63, 3.8) is 0 Å². The molecule has 8 nitrogen and oxygen atoms in total. The van der Waals surface area contributed by atoms with E-state index in [0.29, 0.717) is 43.5 Å². The second kappa shape index (κ2) is 11.8. The van der Waals surface area contributed by atoms with Gasteiger partial charge in [0.25, 0.3) is 0 Å². The minimum Gasteiger partial charge on any atom is -0.467 e. The fourth-order valence-electron chi connectivity index (χ4n) is 6.96. The van der Waals surface area contributed by atoms with Gasteiger partial charge in [0.15, 0.2) is 0 Å². The Morgan fingerprint density at radius 2 is 1.97 bits per heavy atom. The molecule has 1 aromatic rings. The molecular formula is C28H40FN3O5S. The number of thioether (sulfide) groups is 1. The highest BCUT2D eigenvalue weighted by Crippen LogP contribution is 2.50. The zero-order chi connectivity index (χ0) is 27.5. The molecule has 0 spiro atoms. The number of carbonyl (C=O) groups is 3. The number of methoxy groups -OCH3 is 1. The van der Waals surface area contributed by atoms with Gasteiger partial charge >= 0.3 is 12.1 Å². The van der Waals surface area contributed by atoms with Crippen LogP contribution in [0.1, 0.15) is 63.5 Å². The molecule has 1 aromatic carbocycles. The second-order valence-electron chi connectivity index (χ2n) is 11.6. The average Bonchev–Trinajstić information content (AvgIpc) is 3.26. The quantitative estimate of drug-likeness (QED) is 0.450. The van der Waals surface area contributed by atoms with E-state index in [1.54, 1.807) is 22.7 Å². The first-order valence-corrected chi connectivity index (χ1v) is 14.8. The number of hydrogen-bond donors (Lipinski definition) is 2. The third-order valence-corrected chi connectivity index (χ3v) is 8.82. The van der Waals surface area contributed by atoms with Crippen LogP contribution in [0, 0.1) is 17.7 Å². The predicted octanol–water partition coefficient (Wildman–Crippen LogP) is 4.01. The third kappa shape index (κ3) is 6.81. The minimum atomic E-state index is -0.755. The number of benzene rings is 1. The lowest BCUT2D eigenvalue weighted by atomic mass is 9.59. The van der Waals surface area contributed by atoms with Crippen LogP contribution in [0.25, 0.3) is 0 Å². The summed E-state index contributed by atoms with van der Waals surface area (Å²) in [4.78, 5) is 40.0. The van der Waals surface area contributed by atoms with Gasteiger partial charge in [-0.05, 0) is 86.1 Å². The summed E-state index contributed by atoms with van der Waals surface area (Å²) in [7, 11) is 1.31. The monoisotopic (exact) mass is 549 g/mol. The number of amides is 2. The van der Waals surface area contributed by atoms with Crippen LogP contribution in [-0.4, -0.2) is 65.7 Å². The number of ether oxygens (including phenoxy) is 2. The van der Waals surface area contributed by atoms with Crippen molar-refractivity contribution in [2.45, 2.75) is 82.6 Å². The Morgan fingerprint density at radius 3 is 2.71 bits per heavy atom. The van der Waals surface area contributed by atoms with Crippen LogP contribution in [0.5, 0.6) is 0 Å². The number of esters is 1. The van der Waals surface area contributed by atoms with E-state index in [9.17, 15) is 18.8 Å². The second-order valence-corrected chi connectivity index (χ2v) is 12.6. The summed E-state index contributed by atoms with van der Waals surface area (Å²) in [6.45, 7) is 5.27. The maximum absolute atomic E-state index is 13.6. The highest BCUT2D eigenvalue weighted by molar-refractivity contribution is 7.98. The van der Waals surface area contributed by atoms with E-state index in [4.69, 9.17) is 9.47 Å². The van der Waals surface area contributed by atoms with Crippen molar-refractivity contribution >= 4 is 29.7 Å². The predicted molar refractivity (Wildman–Crippen MR) is 144 cm³/mol. The van der Waals surface area contributed by atoms with Crippen LogP contribution in [0.3, 0.4) is 0 Å². The molecule has 2 N–H and O–H groups in total. The molecule has 3 aliphatic rings. The lowest BCUT2D eigenvalue weighted by Gasteiger charge is -2.54. The highest BCUT2D eigenvalue weighted by Gasteiger charge is 2.51. The van der Waals surface area contributed by atoms with E-state index >= 15 is 0 Å². The van der Waals surface area contributed by atoms with Crippen molar-refractivity contribution in [3.8, 4) is 0 Å². The first kappa shape index (κ1) is 28.7. The smallest absolute Gasteiger partial charge is 0.408 e. The lowest BCUT2D eigenvalue weighted by molar-refractivity contribution is -0.143. The molecule has 2 aliphatic carbocycles. The number of nitrogens with zero attached hydrogens (tertiary/aromatic N) is 1. The molecule has 2 amide bonds. The molecule has 1 heterocycles. The summed E-state index contributed by atoms with van der Waals surface area (Å²) < 4.78 is 24.5. The molecule has 38 heavy (non-hydrogen) atoms. The van der Waals surface area contributed by atoms with E-state index in [1.165, 1.54) is 19.2 Å². The molecule has 5 unspecified atom stereocenters. The molecule has 2 fully saturated rings. The summed E-state index contributed by atoms with van der Waals surface area (Å²) in [5.74, 6) is 0.759. The summed E-state index contributed by atoms with van der Waals surface area (Å²) >= 11 is 1.59. The number of rotatable bonds is 9. The fourth-order valence-corrected chi connectivity index (χ4v) is 7.43. The van der Waals surface area contributed by atoms with E-state index < -0.39 is 23.7 Å². The van der Waals surface area contributed by atoms with Gasteiger partial charge in [-0.2, -0.15) is 11.8 Å². The molecule has 2 saturated carbocycles. The Kier molecular flexibility index (Phi) is 8.92. The Labute approximate surface area is 228 Å². The maximum Gasteiger partial charge on any atom is 0.408 e. The molecular weight excluding hydrogens is 509 g/mol. The van der Waals surface area contributed by atoms with Crippen molar-refractivity contribution < 1.29 is 28.2 Å². The SMILES string of the molecule is COC(=O)C(CCSC)NC(=O)OC1(C)CC2CC(C)CC(NCC(=O)N3Cc4ccc(F)cc4C3)(C2)C1. The molecule has 0 aromatic heterocycles. The lowest BCUT2D eigenvalue weighted by Crippen LogP contribution is -2.61. The average molecular weight is 550 g/mol. The van der Waals surface area contributed by atoms with Gasteiger partial charge in [-0.3, -0.25) is 4.79 Å². The topological polar surface area (TPSA) is 97.0 Å². The van der Waals surface area contributed by atoms with Gasteiger partial charge in [0.2, 0.25) is 5.91 Å². The van der Waals surface area contributed by atoms with Crippen LogP contribution in [-0.2, 0) is 32.2 Å². The Hall–Kier alpha value is -2.33. The van der Waals surface area contributed by atoms with Crippen LogP contribution in [0.2, 0.25) is 0 Å². The van der Waals surface area contributed by atoms with Crippen LogP contribution in [0.15, 0.2) is 18.2 Å². The number of alkyl carbamates (subject to hydrolysis) is 1. The highest BCUT2D eigenvalue weighted by atomic mass is 32.2. The largest absolute Gasteiger partial charge is 0.467 e. The van der Waals surface area contributed by atoms with E-state index in [-0.39, 0.29) is 23.8 Å². The number of nitrogens with one attached hydrogen (secondary N) is 2. The van der Waals surface area contributed by atoms with E-state index in [1.807, 2.05) is 13.2 Å². The fraction of sp³-hybridized carbons (Fsp3) is 0.679. The summed E-state index contributed by atoms with van der Waals surface area (Å²) in [6.07, 6.45) is 5.96. The number of carbonyl (C=O) groups excluding carboxylic acids is 3. The molecule has 0 saturated heterocycles. The molecule has 2 bridgehead atoms. The number of fused-ring (bicyclic) bond motifs is 3. The van der Waals surface area contributed by atoms with Crippen molar-refractivity contribution in [2.24, 2.45) is 11.8 Å². The summed E-state index contributed by atoms with van der Waals surface area (Å²) in [6, 6.07) is 3.93. The van der Waals surface area contributed by atoms with Crippen molar-refractivity contribution in [3.05, 3.63) is 35.1 Å². The van der Waals surface area contributed by atoms with Crippen LogP contribution < -0.4 is 10.6 Å². The zero-order valence-corrected chi connectivity index (χ0v) is 23.6. The Balaban J connectivity index is 1.39. The van der Waals surface area contributed by atoms with E-state index in [2.05, 4.69) is 17.6 Å². The molecule has 5 atom stereocenters. The third-order valence-electron chi connectivity index (χ3n) is 8.17. The van der Waals surface area contributed by atoms with Gasteiger partial charge in [0.05, 0.1) is 13.7 Å². The Morgan fingerprint density at radius 1 is 1.21 bits per heavy atom. The first-order valence-electron chi connectivity index (χ1n) is 13.4. The maximum atomic E-state index is 13.6. The normalized spacial score (nSPS) is 28.8. The Bertz CT molecular complexity index is 1050. The van der Waals surface area contributed by atoms with E-state index in [0.717, 1.165) is 36.8 Å². The molecule has 0 radical (unpaired) electrons. The summed E-state index contributed by atoms with van der Waals surface area (Å²) in [5, 5.41) is 6.29. The van der Waals surface area contributed by atoms with Gasteiger partial charge in [0, 0.05) is 25.0 Å². The van der Waals surface area contributed by atoms with Crippen LogP contribution >= 0.6 is 11.8 Å². The number of halogens is 1. The van der Waals surface area contributed by atoms with Crippen molar-refractivity contribution in [1.29, 1.82) is 0 Å². The number of hydrogen-bond acceptors (Lipinski definition) is 7. The van der Waals surface area contributed by atoms with Gasteiger partial charge in [-0.15, -0.1) is 0 Å². The first-order chi connectivity index (χ1) is 18.0. The standard InChI is InChI=1S/C28H40FN3O5S/c1-18-9-19-12-27(2,37-26(35)31-23(7-8-38-4)25(34)36-3)17-28(11-18,13-19)30-14-24(33)32-15-20-5-6-22(29)10-21(20)16-32/h5-6,10,18-19,23,30H,7-9,11-17H2,1-4H3,(H,31,35). The molecule has 210 valence electrons. The molecule has 1 aliphatic heterocycles. The van der Waals surface area contributed by atoms with Gasteiger partial charge in [-0.1, -0.05) is 13.0 Å². The van der Waals surface area contributed by atoms with Crippen molar-refractivity contribution in [2.75, 3.05) is 25.7 Å². The summed E-state index contributed by atoms with van der Waals surface area (Å²) in [5.41, 5.74) is 0.780. The molecule has 10 heteroatoms. The minimum absolute atomic E-state index is 0.0218. The van der Waals surface area contributed by atoms with Gasteiger partial charge < -0.3 is 25.0 Å². The van der Waals surface area contributed by atoms with Gasteiger partial charge in [0.1, 0.15) is 17.5 Å². The molecule has 4 rings (SSSR count). The van der Waals surface area contributed by atoms with Crippen LogP contribution in [0.4, 0.5) is 9.18 Å². The zero-order valence-electron chi connectivity index (χ0n) is 22.8.